The molecule has 0 saturated heterocycles. The Morgan fingerprint density at radius 1 is 1.24 bits per heavy atom. The van der Waals surface area contributed by atoms with Crippen molar-refractivity contribution in [2.75, 3.05) is 5.32 Å². The van der Waals surface area contributed by atoms with E-state index < -0.39 is 17.9 Å². The second-order valence-corrected chi connectivity index (χ2v) is 5.78. The fourth-order valence-corrected chi connectivity index (χ4v) is 2.69. The molecule has 0 aliphatic heterocycles. The lowest BCUT2D eigenvalue weighted by Gasteiger charge is -2.28. The summed E-state index contributed by atoms with van der Waals surface area (Å²) in [6, 6.07) is 4.66. The summed E-state index contributed by atoms with van der Waals surface area (Å²) in [5.41, 5.74) is 1.32. The van der Waals surface area contributed by atoms with E-state index in [4.69, 9.17) is 11.6 Å². The molecule has 0 aromatic heterocycles. The van der Waals surface area contributed by atoms with E-state index in [0.717, 1.165) is 18.4 Å². The fourth-order valence-electron chi connectivity index (χ4n) is 2.46. The molecule has 1 aliphatic rings. The maximum atomic E-state index is 11.9. The van der Waals surface area contributed by atoms with Crippen LogP contribution in [0.5, 0.6) is 0 Å². The number of hydrogen-bond acceptors (Lipinski definition) is 3. The highest BCUT2D eigenvalue weighted by molar-refractivity contribution is 6.39. The van der Waals surface area contributed by atoms with Crippen LogP contribution < -0.4 is 10.6 Å². The number of aliphatic hydroxyl groups is 1. The standard InChI is InChI=1S/C15H19ClN2O3/c1-9-8-10(16)6-7-11(9)17-14(20)15(21)18-12-4-2-3-5-13(12)19/h6-8,12-13,19H,2-5H2,1H3,(H,17,20)(H,18,21). The zero-order valence-electron chi connectivity index (χ0n) is 11.9. The van der Waals surface area contributed by atoms with Gasteiger partial charge in [0.25, 0.3) is 0 Å². The van der Waals surface area contributed by atoms with E-state index in [1.165, 1.54) is 0 Å². The quantitative estimate of drug-likeness (QED) is 0.731. The summed E-state index contributed by atoms with van der Waals surface area (Å²) in [5, 5.41) is 15.5. The minimum absolute atomic E-state index is 0.344. The minimum Gasteiger partial charge on any atom is -0.391 e. The lowest BCUT2D eigenvalue weighted by Crippen LogP contribution is -2.48. The predicted octanol–water partition coefficient (Wildman–Crippen LogP) is 2.01. The molecule has 0 heterocycles. The van der Waals surface area contributed by atoms with Gasteiger partial charge in [-0.25, -0.2) is 0 Å². The van der Waals surface area contributed by atoms with Gasteiger partial charge in [0.05, 0.1) is 12.1 Å². The van der Waals surface area contributed by atoms with Crippen LogP contribution in [0.2, 0.25) is 5.02 Å². The Labute approximate surface area is 128 Å². The Balaban J connectivity index is 1.94. The fraction of sp³-hybridized carbons (Fsp3) is 0.467. The van der Waals surface area contributed by atoms with Gasteiger partial charge >= 0.3 is 11.8 Å². The van der Waals surface area contributed by atoms with Crippen molar-refractivity contribution in [2.24, 2.45) is 0 Å². The number of carbonyl (C=O) groups is 2. The second kappa shape index (κ2) is 6.91. The van der Waals surface area contributed by atoms with Crippen LogP contribution in [0.25, 0.3) is 0 Å². The zero-order valence-corrected chi connectivity index (χ0v) is 12.6. The normalized spacial score (nSPS) is 21.7. The average Bonchev–Trinajstić information content (AvgIpc) is 2.44. The molecule has 1 aromatic rings. The maximum absolute atomic E-state index is 11.9. The van der Waals surface area contributed by atoms with E-state index in [9.17, 15) is 14.7 Å². The molecule has 1 saturated carbocycles. The molecule has 21 heavy (non-hydrogen) atoms. The Morgan fingerprint density at radius 3 is 2.62 bits per heavy atom. The van der Waals surface area contributed by atoms with E-state index in [-0.39, 0.29) is 6.04 Å². The number of hydrogen-bond donors (Lipinski definition) is 3. The molecule has 2 atom stereocenters. The summed E-state index contributed by atoms with van der Waals surface area (Å²) in [6.07, 6.45) is 2.67. The topological polar surface area (TPSA) is 78.4 Å². The molecule has 2 rings (SSSR count). The van der Waals surface area contributed by atoms with Crippen molar-refractivity contribution in [3.63, 3.8) is 0 Å². The first-order valence-corrected chi connectivity index (χ1v) is 7.41. The largest absolute Gasteiger partial charge is 0.391 e. The van der Waals surface area contributed by atoms with Crippen LogP contribution in [0.15, 0.2) is 18.2 Å². The summed E-state index contributed by atoms with van der Waals surface area (Å²) in [5.74, 6) is -1.46. The van der Waals surface area contributed by atoms with Crippen molar-refractivity contribution < 1.29 is 14.7 Å². The average molecular weight is 311 g/mol. The Kier molecular flexibility index (Phi) is 5.20. The number of aliphatic hydroxyl groups excluding tert-OH is 1. The van der Waals surface area contributed by atoms with Crippen molar-refractivity contribution in [1.29, 1.82) is 0 Å². The van der Waals surface area contributed by atoms with Gasteiger partial charge in [-0.15, -0.1) is 0 Å². The molecule has 5 nitrogen and oxygen atoms in total. The van der Waals surface area contributed by atoms with E-state index in [0.29, 0.717) is 23.6 Å². The number of carbonyl (C=O) groups excluding carboxylic acids is 2. The maximum Gasteiger partial charge on any atom is 0.313 e. The van der Waals surface area contributed by atoms with Crippen molar-refractivity contribution in [3.05, 3.63) is 28.8 Å². The molecular formula is C15H19ClN2O3. The van der Waals surface area contributed by atoms with Gasteiger partial charge in [-0.3, -0.25) is 9.59 Å². The van der Waals surface area contributed by atoms with Crippen LogP contribution in [0.1, 0.15) is 31.2 Å². The molecule has 0 bridgehead atoms. The predicted molar refractivity (Wildman–Crippen MR) is 81.2 cm³/mol. The highest BCUT2D eigenvalue weighted by Crippen LogP contribution is 2.20. The number of nitrogens with one attached hydrogen (secondary N) is 2. The monoisotopic (exact) mass is 310 g/mol. The van der Waals surface area contributed by atoms with Gasteiger partial charge in [0.2, 0.25) is 0 Å². The number of rotatable bonds is 2. The van der Waals surface area contributed by atoms with Gasteiger partial charge in [-0.1, -0.05) is 24.4 Å². The molecule has 0 spiro atoms. The van der Waals surface area contributed by atoms with Gasteiger partial charge in [-0.05, 0) is 43.5 Å². The molecule has 1 aromatic carbocycles. The van der Waals surface area contributed by atoms with E-state index in [1.807, 2.05) is 0 Å². The van der Waals surface area contributed by atoms with Crippen LogP contribution in [0.4, 0.5) is 5.69 Å². The molecule has 1 aliphatic carbocycles. The van der Waals surface area contributed by atoms with E-state index >= 15 is 0 Å². The SMILES string of the molecule is Cc1cc(Cl)ccc1NC(=O)C(=O)NC1CCCCC1O. The first-order chi connectivity index (χ1) is 9.97. The number of amides is 2. The zero-order chi connectivity index (χ0) is 15.4. The van der Waals surface area contributed by atoms with Crippen LogP contribution in [0.3, 0.4) is 0 Å². The smallest absolute Gasteiger partial charge is 0.313 e. The third kappa shape index (κ3) is 4.19. The van der Waals surface area contributed by atoms with Crippen LogP contribution in [-0.2, 0) is 9.59 Å². The molecular weight excluding hydrogens is 292 g/mol. The lowest BCUT2D eigenvalue weighted by molar-refractivity contribution is -0.137. The Hall–Kier alpha value is -1.59. The van der Waals surface area contributed by atoms with Gasteiger partial charge in [-0.2, -0.15) is 0 Å². The van der Waals surface area contributed by atoms with Crippen LogP contribution in [0, 0.1) is 6.92 Å². The molecule has 114 valence electrons. The van der Waals surface area contributed by atoms with Gasteiger partial charge in [0.1, 0.15) is 0 Å². The van der Waals surface area contributed by atoms with Crippen LogP contribution >= 0.6 is 11.6 Å². The van der Waals surface area contributed by atoms with Crippen LogP contribution in [-0.4, -0.2) is 29.1 Å². The second-order valence-electron chi connectivity index (χ2n) is 5.35. The first kappa shape index (κ1) is 15.8. The summed E-state index contributed by atoms with van der Waals surface area (Å²) in [4.78, 5) is 23.8. The summed E-state index contributed by atoms with van der Waals surface area (Å²) in [6.45, 7) is 1.80. The summed E-state index contributed by atoms with van der Waals surface area (Å²) >= 11 is 5.84. The van der Waals surface area contributed by atoms with E-state index in [2.05, 4.69) is 10.6 Å². The molecule has 6 heteroatoms. The molecule has 3 N–H and O–H groups in total. The summed E-state index contributed by atoms with van der Waals surface area (Å²) < 4.78 is 0. The third-order valence-corrected chi connectivity index (χ3v) is 3.92. The number of aryl methyl sites for hydroxylation is 1. The Morgan fingerprint density at radius 2 is 1.95 bits per heavy atom. The Bertz CT molecular complexity index is 548. The van der Waals surface area contributed by atoms with Crippen molar-refractivity contribution in [3.8, 4) is 0 Å². The van der Waals surface area contributed by atoms with E-state index in [1.54, 1.807) is 25.1 Å². The van der Waals surface area contributed by atoms with Crippen molar-refractivity contribution >= 4 is 29.1 Å². The third-order valence-electron chi connectivity index (χ3n) is 3.69. The molecule has 0 radical (unpaired) electrons. The highest BCUT2D eigenvalue weighted by Gasteiger charge is 2.26. The van der Waals surface area contributed by atoms with Crippen molar-refractivity contribution in [2.45, 2.75) is 44.8 Å². The molecule has 2 amide bonds. The van der Waals surface area contributed by atoms with Gasteiger partial charge in [0.15, 0.2) is 0 Å². The summed E-state index contributed by atoms with van der Waals surface area (Å²) in [7, 11) is 0. The lowest BCUT2D eigenvalue weighted by atomic mass is 9.92. The minimum atomic E-state index is -0.738. The first-order valence-electron chi connectivity index (χ1n) is 7.03. The number of anilines is 1. The molecule has 1 fully saturated rings. The number of benzene rings is 1. The van der Waals surface area contributed by atoms with Gasteiger partial charge in [0, 0.05) is 10.7 Å². The number of halogens is 1. The molecule has 2 unspecified atom stereocenters. The highest BCUT2D eigenvalue weighted by atomic mass is 35.5. The van der Waals surface area contributed by atoms with Crippen molar-refractivity contribution in [1.82, 2.24) is 5.32 Å². The van der Waals surface area contributed by atoms with Gasteiger partial charge < -0.3 is 15.7 Å².